The van der Waals surface area contributed by atoms with Crippen LogP contribution in [0.25, 0.3) is 16.7 Å². The molecule has 0 saturated carbocycles. The van der Waals surface area contributed by atoms with Gasteiger partial charge in [-0.3, -0.25) is 4.98 Å². The fraction of sp³-hybridized carbons (Fsp3) is 0.400. The van der Waals surface area contributed by atoms with Crippen LogP contribution in [0.4, 0.5) is 0 Å². The van der Waals surface area contributed by atoms with E-state index in [1.165, 1.54) is 73.3 Å². The van der Waals surface area contributed by atoms with Gasteiger partial charge in [0.15, 0.2) is 0 Å². The monoisotopic (exact) mass is 387 g/mol. The highest BCUT2D eigenvalue weighted by Gasteiger charge is 2.34. The number of piperidine rings is 1. The molecular weight excluding hydrogens is 358 g/mol. The molecule has 3 heterocycles. The van der Waals surface area contributed by atoms with Gasteiger partial charge in [-0.25, -0.2) is 0 Å². The van der Waals surface area contributed by atoms with Crippen molar-refractivity contribution in [3.8, 4) is 16.9 Å². The lowest BCUT2D eigenvalue weighted by Crippen LogP contribution is -2.32. The third kappa shape index (κ3) is 3.95. The van der Waals surface area contributed by atoms with Crippen molar-refractivity contribution in [3.05, 3.63) is 65.6 Å². The maximum atomic E-state index is 5.27. The molecule has 1 saturated heterocycles. The SMILES string of the molecule is COc1ccc(-c2cncc(C3=C4C=C4N(CCCN4CCCCC4)C3)c2)cc1. The van der Waals surface area contributed by atoms with E-state index in [9.17, 15) is 0 Å². The van der Waals surface area contributed by atoms with E-state index >= 15 is 0 Å². The molecule has 1 aromatic heterocycles. The summed E-state index contributed by atoms with van der Waals surface area (Å²) in [5, 5.41) is 0. The second-order valence-electron chi connectivity index (χ2n) is 8.29. The summed E-state index contributed by atoms with van der Waals surface area (Å²) in [6, 6.07) is 10.5. The molecule has 2 aliphatic heterocycles. The predicted octanol–water partition coefficient (Wildman–Crippen LogP) is 4.60. The minimum Gasteiger partial charge on any atom is -0.497 e. The molecule has 0 N–H and O–H groups in total. The predicted molar refractivity (Wildman–Crippen MR) is 118 cm³/mol. The molecule has 0 atom stereocenters. The maximum Gasteiger partial charge on any atom is 0.118 e. The Hall–Kier alpha value is -2.59. The molecule has 5 rings (SSSR count). The van der Waals surface area contributed by atoms with E-state index in [1.807, 2.05) is 24.5 Å². The molecule has 150 valence electrons. The van der Waals surface area contributed by atoms with Crippen molar-refractivity contribution in [2.24, 2.45) is 0 Å². The van der Waals surface area contributed by atoms with Crippen molar-refractivity contribution >= 4 is 5.57 Å². The number of likely N-dealkylation sites (tertiary alicyclic amines) is 1. The highest BCUT2D eigenvalue weighted by molar-refractivity contribution is 5.87. The minimum atomic E-state index is 0.880. The van der Waals surface area contributed by atoms with Crippen LogP contribution in [0.3, 0.4) is 0 Å². The second kappa shape index (κ2) is 8.03. The summed E-state index contributed by atoms with van der Waals surface area (Å²) in [5.41, 5.74) is 7.90. The molecule has 0 amide bonds. The van der Waals surface area contributed by atoms with E-state index in [1.54, 1.807) is 7.11 Å². The standard InChI is InChI=1S/C25H29N3O/c1-29-22-8-6-19(7-9-22)20-14-21(17-26-16-20)24-18-28(25-15-23(24)25)13-5-12-27-10-3-2-4-11-27/h6-9,14-17H,2-5,10-13,18H2,1H3. The number of hydrogen-bond donors (Lipinski definition) is 0. The van der Waals surface area contributed by atoms with Crippen LogP contribution in [0.1, 0.15) is 31.2 Å². The number of aromatic nitrogens is 1. The fourth-order valence-electron chi connectivity index (χ4n) is 4.63. The number of fused-ring (bicyclic) bond motifs is 1. The zero-order valence-corrected chi connectivity index (χ0v) is 17.2. The van der Waals surface area contributed by atoms with Crippen molar-refractivity contribution in [1.82, 2.24) is 14.8 Å². The molecule has 1 fully saturated rings. The van der Waals surface area contributed by atoms with Crippen molar-refractivity contribution in [3.63, 3.8) is 0 Å². The number of nitrogens with zero attached hydrogens (tertiary/aromatic N) is 3. The Kier molecular flexibility index (Phi) is 5.11. The van der Waals surface area contributed by atoms with Gasteiger partial charge in [-0.2, -0.15) is 0 Å². The van der Waals surface area contributed by atoms with Gasteiger partial charge in [0.05, 0.1) is 7.11 Å². The highest BCUT2D eigenvalue weighted by atomic mass is 16.5. The van der Waals surface area contributed by atoms with Crippen LogP contribution in [0.2, 0.25) is 0 Å². The van der Waals surface area contributed by atoms with E-state index < -0.39 is 0 Å². The summed E-state index contributed by atoms with van der Waals surface area (Å²) in [6.45, 7) is 6.00. The number of pyridine rings is 1. The second-order valence-corrected chi connectivity index (χ2v) is 8.29. The summed E-state index contributed by atoms with van der Waals surface area (Å²) >= 11 is 0. The first-order valence-electron chi connectivity index (χ1n) is 10.8. The molecule has 3 aliphatic rings. The average Bonchev–Trinajstić information content (AvgIpc) is 3.50. The minimum absolute atomic E-state index is 0.880. The lowest BCUT2D eigenvalue weighted by Gasteiger charge is -2.27. The van der Waals surface area contributed by atoms with Crippen molar-refractivity contribution in [2.45, 2.75) is 25.7 Å². The zero-order chi connectivity index (χ0) is 19.6. The molecule has 4 heteroatoms. The largest absolute Gasteiger partial charge is 0.497 e. The Bertz CT molecular complexity index is 939. The van der Waals surface area contributed by atoms with Crippen LogP contribution >= 0.6 is 0 Å². The number of allylic oxidation sites excluding steroid dienone is 2. The lowest BCUT2D eigenvalue weighted by atomic mass is 10.0. The number of rotatable bonds is 7. The molecule has 0 radical (unpaired) electrons. The molecule has 1 aliphatic carbocycles. The number of benzene rings is 1. The fourth-order valence-corrected chi connectivity index (χ4v) is 4.63. The summed E-state index contributed by atoms with van der Waals surface area (Å²) in [5.74, 6) is 0.880. The van der Waals surface area contributed by atoms with Gasteiger partial charge >= 0.3 is 0 Å². The Morgan fingerprint density at radius 1 is 0.931 bits per heavy atom. The Balaban J connectivity index is 1.22. The van der Waals surface area contributed by atoms with E-state index in [0.717, 1.165) is 24.4 Å². The van der Waals surface area contributed by atoms with Gasteiger partial charge in [0.2, 0.25) is 0 Å². The van der Waals surface area contributed by atoms with Crippen LogP contribution in [-0.4, -0.2) is 54.6 Å². The van der Waals surface area contributed by atoms with Crippen LogP contribution in [-0.2, 0) is 0 Å². The van der Waals surface area contributed by atoms with Crippen LogP contribution in [0.5, 0.6) is 5.75 Å². The van der Waals surface area contributed by atoms with Crippen LogP contribution < -0.4 is 4.74 Å². The molecule has 1 aromatic carbocycles. The number of hydrogen-bond acceptors (Lipinski definition) is 4. The van der Waals surface area contributed by atoms with E-state index in [0.29, 0.717) is 0 Å². The molecule has 0 unspecified atom stereocenters. The topological polar surface area (TPSA) is 28.6 Å². The van der Waals surface area contributed by atoms with Gasteiger partial charge in [0.25, 0.3) is 0 Å². The first-order valence-corrected chi connectivity index (χ1v) is 10.8. The molecule has 2 aromatic rings. The first-order chi connectivity index (χ1) is 14.3. The summed E-state index contributed by atoms with van der Waals surface area (Å²) in [4.78, 5) is 9.72. The zero-order valence-electron chi connectivity index (χ0n) is 17.2. The molecule has 0 bridgehead atoms. The molecule has 29 heavy (non-hydrogen) atoms. The van der Waals surface area contributed by atoms with Crippen LogP contribution in [0, 0.1) is 0 Å². The summed E-state index contributed by atoms with van der Waals surface area (Å²) < 4.78 is 5.27. The first kappa shape index (κ1) is 18.4. The van der Waals surface area contributed by atoms with Gasteiger partial charge in [0, 0.05) is 42.3 Å². The van der Waals surface area contributed by atoms with E-state index in [2.05, 4.69) is 39.1 Å². The van der Waals surface area contributed by atoms with E-state index in [-0.39, 0.29) is 0 Å². The normalized spacial score (nSPS) is 18.7. The van der Waals surface area contributed by atoms with Gasteiger partial charge in [-0.05, 0) is 79.9 Å². The van der Waals surface area contributed by atoms with Gasteiger partial charge in [-0.15, -0.1) is 0 Å². The lowest BCUT2D eigenvalue weighted by molar-refractivity contribution is 0.218. The van der Waals surface area contributed by atoms with Crippen molar-refractivity contribution < 1.29 is 4.74 Å². The molecule has 4 nitrogen and oxygen atoms in total. The molecule has 0 spiro atoms. The summed E-state index contributed by atoms with van der Waals surface area (Å²) in [7, 11) is 1.70. The Morgan fingerprint density at radius 2 is 1.72 bits per heavy atom. The Morgan fingerprint density at radius 3 is 2.52 bits per heavy atom. The number of ether oxygens (including phenoxy) is 1. The average molecular weight is 388 g/mol. The van der Waals surface area contributed by atoms with Crippen LogP contribution in [0.15, 0.2) is 60.1 Å². The highest BCUT2D eigenvalue weighted by Crippen LogP contribution is 2.45. The van der Waals surface area contributed by atoms with E-state index in [4.69, 9.17) is 4.74 Å². The maximum absolute atomic E-state index is 5.27. The van der Waals surface area contributed by atoms with Crippen molar-refractivity contribution in [2.75, 3.05) is 39.8 Å². The number of methoxy groups -OCH3 is 1. The quantitative estimate of drug-likeness (QED) is 0.694. The third-order valence-electron chi connectivity index (χ3n) is 6.35. The third-order valence-corrected chi connectivity index (χ3v) is 6.35. The van der Waals surface area contributed by atoms with Gasteiger partial charge < -0.3 is 14.5 Å². The summed E-state index contributed by atoms with van der Waals surface area (Å²) in [6.07, 6.45) is 11.7. The smallest absolute Gasteiger partial charge is 0.118 e. The van der Waals surface area contributed by atoms with Gasteiger partial charge in [0.1, 0.15) is 5.75 Å². The van der Waals surface area contributed by atoms with Gasteiger partial charge in [-0.1, -0.05) is 18.6 Å². The molecular formula is C25H29N3O. The van der Waals surface area contributed by atoms with Crippen molar-refractivity contribution in [1.29, 1.82) is 0 Å². The Labute approximate surface area is 173 Å².